The Bertz CT molecular complexity index is 431. The Morgan fingerprint density at radius 3 is 2.88 bits per heavy atom. The molecule has 3 N–H and O–H groups in total. The third kappa shape index (κ3) is 3.28. The molecule has 0 bridgehead atoms. The molecule has 1 atom stereocenters. The van der Waals surface area contributed by atoms with Gasteiger partial charge in [0.15, 0.2) is 0 Å². The first-order valence-electron chi connectivity index (χ1n) is 6.23. The largest absolute Gasteiger partial charge is 0.330 e. The number of benzene rings is 1. The maximum absolute atomic E-state index is 5.48. The lowest BCUT2D eigenvalue weighted by atomic mass is 10.2. The normalized spacial score (nSPS) is 13.1. The first-order chi connectivity index (χ1) is 8.31. The Labute approximate surface area is 107 Å². The Hall–Kier alpha value is -0.900. The molecular weight excluding hydrogens is 228 g/mol. The van der Waals surface area contributed by atoms with Crippen LogP contribution in [0.25, 0.3) is 10.1 Å². The average molecular weight is 248 g/mol. The van der Waals surface area contributed by atoms with Crippen LogP contribution >= 0.6 is 11.3 Å². The SMILES string of the molecule is CC(NCCCCN)c1cc2ccccc2s1. The molecule has 1 aromatic carbocycles. The highest BCUT2D eigenvalue weighted by Crippen LogP contribution is 2.29. The minimum absolute atomic E-state index is 0.435. The van der Waals surface area contributed by atoms with Crippen LogP contribution in [0, 0.1) is 0 Å². The van der Waals surface area contributed by atoms with E-state index in [4.69, 9.17) is 5.73 Å². The second-order valence-corrected chi connectivity index (χ2v) is 5.47. The van der Waals surface area contributed by atoms with Gasteiger partial charge in [-0.3, -0.25) is 0 Å². The van der Waals surface area contributed by atoms with E-state index in [2.05, 4.69) is 42.6 Å². The number of hydrogen-bond acceptors (Lipinski definition) is 3. The molecule has 0 fully saturated rings. The molecule has 0 radical (unpaired) electrons. The fourth-order valence-corrected chi connectivity index (χ4v) is 3.00. The van der Waals surface area contributed by atoms with Crippen molar-refractivity contribution in [3.8, 4) is 0 Å². The van der Waals surface area contributed by atoms with Gasteiger partial charge in [0.25, 0.3) is 0 Å². The fourth-order valence-electron chi connectivity index (χ4n) is 1.90. The molecule has 0 saturated heterocycles. The van der Waals surface area contributed by atoms with E-state index in [0.717, 1.165) is 25.9 Å². The van der Waals surface area contributed by atoms with Crippen molar-refractivity contribution in [1.29, 1.82) is 0 Å². The van der Waals surface area contributed by atoms with Crippen molar-refractivity contribution in [2.45, 2.75) is 25.8 Å². The number of nitrogens with two attached hydrogens (primary N) is 1. The summed E-state index contributed by atoms with van der Waals surface area (Å²) in [6.45, 7) is 4.07. The van der Waals surface area contributed by atoms with E-state index < -0.39 is 0 Å². The molecule has 1 aromatic heterocycles. The third-order valence-corrected chi connectivity index (χ3v) is 4.25. The second kappa shape index (κ2) is 6.15. The summed E-state index contributed by atoms with van der Waals surface area (Å²) >= 11 is 1.88. The molecule has 1 heterocycles. The summed E-state index contributed by atoms with van der Waals surface area (Å²) in [4.78, 5) is 1.42. The van der Waals surface area contributed by atoms with Crippen LogP contribution in [0.3, 0.4) is 0 Å². The average Bonchev–Trinajstić information content (AvgIpc) is 2.78. The molecule has 0 saturated carbocycles. The number of fused-ring (bicyclic) bond motifs is 1. The van der Waals surface area contributed by atoms with Crippen LogP contribution in [-0.2, 0) is 0 Å². The van der Waals surface area contributed by atoms with Gasteiger partial charge in [-0.15, -0.1) is 11.3 Å². The molecule has 0 aliphatic heterocycles. The van der Waals surface area contributed by atoms with E-state index in [0.29, 0.717) is 6.04 Å². The molecule has 92 valence electrons. The summed E-state index contributed by atoms with van der Waals surface area (Å²) in [6, 6.07) is 11.3. The van der Waals surface area contributed by atoms with Crippen molar-refractivity contribution in [1.82, 2.24) is 5.32 Å². The summed E-state index contributed by atoms with van der Waals surface area (Å²) in [5.74, 6) is 0. The van der Waals surface area contributed by atoms with Gasteiger partial charge in [-0.25, -0.2) is 0 Å². The van der Waals surface area contributed by atoms with Gasteiger partial charge < -0.3 is 11.1 Å². The van der Waals surface area contributed by atoms with Crippen molar-refractivity contribution in [3.05, 3.63) is 35.2 Å². The van der Waals surface area contributed by atoms with Crippen LogP contribution in [0.5, 0.6) is 0 Å². The maximum atomic E-state index is 5.48. The fraction of sp³-hybridized carbons (Fsp3) is 0.429. The Morgan fingerprint density at radius 1 is 1.29 bits per heavy atom. The van der Waals surface area contributed by atoms with Gasteiger partial charge in [-0.05, 0) is 50.4 Å². The molecule has 2 nitrogen and oxygen atoms in total. The zero-order valence-corrected chi connectivity index (χ0v) is 11.1. The molecule has 1 unspecified atom stereocenters. The van der Waals surface area contributed by atoms with Crippen LogP contribution in [0.2, 0.25) is 0 Å². The number of unbranched alkanes of at least 4 members (excludes halogenated alkanes) is 1. The first kappa shape index (κ1) is 12.6. The van der Waals surface area contributed by atoms with Gasteiger partial charge >= 0.3 is 0 Å². The van der Waals surface area contributed by atoms with Crippen LogP contribution in [0.15, 0.2) is 30.3 Å². The van der Waals surface area contributed by atoms with Gasteiger partial charge in [0.05, 0.1) is 0 Å². The number of hydrogen-bond donors (Lipinski definition) is 2. The van der Waals surface area contributed by atoms with Crippen molar-refractivity contribution in [2.75, 3.05) is 13.1 Å². The van der Waals surface area contributed by atoms with Crippen LogP contribution in [0.4, 0.5) is 0 Å². The van der Waals surface area contributed by atoms with Crippen LogP contribution < -0.4 is 11.1 Å². The highest BCUT2D eigenvalue weighted by Gasteiger charge is 2.08. The predicted octanol–water partition coefficient (Wildman–Crippen LogP) is 3.29. The standard InChI is InChI=1S/C14H20N2S/c1-11(16-9-5-4-8-15)14-10-12-6-2-3-7-13(12)17-14/h2-3,6-7,10-11,16H,4-5,8-9,15H2,1H3. The lowest BCUT2D eigenvalue weighted by Gasteiger charge is -2.11. The minimum atomic E-state index is 0.435. The predicted molar refractivity (Wildman–Crippen MR) is 76.5 cm³/mol. The number of nitrogens with one attached hydrogen (secondary N) is 1. The highest BCUT2D eigenvalue weighted by molar-refractivity contribution is 7.19. The van der Waals surface area contributed by atoms with E-state index >= 15 is 0 Å². The monoisotopic (exact) mass is 248 g/mol. The first-order valence-corrected chi connectivity index (χ1v) is 7.05. The summed E-state index contributed by atoms with van der Waals surface area (Å²) in [5, 5.41) is 4.90. The smallest absolute Gasteiger partial charge is 0.0386 e. The zero-order chi connectivity index (χ0) is 12.1. The molecule has 2 aromatic rings. The van der Waals surface area contributed by atoms with Crippen LogP contribution in [-0.4, -0.2) is 13.1 Å². The van der Waals surface area contributed by atoms with E-state index in [1.807, 2.05) is 11.3 Å². The quantitative estimate of drug-likeness (QED) is 0.770. The van der Waals surface area contributed by atoms with E-state index in [-0.39, 0.29) is 0 Å². The molecule has 3 heteroatoms. The van der Waals surface area contributed by atoms with Crippen molar-refractivity contribution >= 4 is 21.4 Å². The van der Waals surface area contributed by atoms with Gasteiger partial charge in [0.2, 0.25) is 0 Å². The van der Waals surface area contributed by atoms with Gasteiger partial charge in [0.1, 0.15) is 0 Å². The summed E-state index contributed by atoms with van der Waals surface area (Å²) in [5.41, 5.74) is 5.48. The summed E-state index contributed by atoms with van der Waals surface area (Å²) in [6.07, 6.45) is 2.26. The molecule has 0 aliphatic rings. The van der Waals surface area contributed by atoms with E-state index in [1.54, 1.807) is 0 Å². The van der Waals surface area contributed by atoms with E-state index in [1.165, 1.54) is 15.0 Å². The van der Waals surface area contributed by atoms with Crippen molar-refractivity contribution in [3.63, 3.8) is 0 Å². The Balaban J connectivity index is 1.96. The van der Waals surface area contributed by atoms with Gasteiger partial charge in [-0.1, -0.05) is 18.2 Å². The lowest BCUT2D eigenvalue weighted by molar-refractivity contribution is 0.555. The topological polar surface area (TPSA) is 38.0 Å². The molecular formula is C14H20N2S. The van der Waals surface area contributed by atoms with Crippen molar-refractivity contribution in [2.24, 2.45) is 5.73 Å². The van der Waals surface area contributed by atoms with Gasteiger partial charge in [0, 0.05) is 15.6 Å². The highest BCUT2D eigenvalue weighted by atomic mass is 32.1. The second-order valence-electron chi connectivity index (χ2n) is 4.36. The minimum Gasteiger partial charge on any atom is -0.330 e. The van der Waals surface area contributed by atoms with Crippen LogP contribution in [0.1, 0.15) is 30.7 Å². The summed E-state index contributed by atoms with van der Waals surface area (Å²) < 4.78 is 1.37. The molecule has 0 spiro atoms. The Morgan fingerprint density at radius 2 is 2.12 bits per heavy atom. The Kier molecular flexibility index (Phi) is 4.54. The summed E-state index contributed by atoms with van der Waals surface area (Å²) in [7, 11) is 0. The third-order valence-electron chi connectivity index (χ3n) is 2.95. The number of thiophene rings is 1. The number of rotatable bonds is 6. The molecule has 0 aliphatic carbocycles. The molecule has 2 rings (SSSR count). The maximum Gasteiger partial charge on any atom is 0.0386 e. The van der Waals surface area contributed by atoms with E-state index in [9.17, 15) is 0 Å². The van der Waals surface area contributed by atoms with Crippen molar-refractivity contribution < 1.29 is 0 Å². The van der Waals surface area contributed by atoms with Gasteiger partial charge in [-0.2, -0.15) is 0 Å². The lowest BCUT2D eigenvalue weighted by Crippen LogP contribution is -2.19. The molecule has 0 amide bonds. The zero-order valence-electron chi connectivity index (χ0n) is 10.3. The molecule has 17 heavy (non-hydrogen) atoms.